The lowest BCUT2D eigenvalue weighted by atomic mass is 9.62. The number of aromatic nitrogens is 9. The summed E-state index contributed by atoms with van der Waals surface area (Å²) in [6.45, 7) is 7.59. The predicted octanol–water partition coefficient (Wildman–Crippen LogP) is 11.9. The number of anilines is 3. The van der Waals surface area contributed by atoms with Crippen LogP contribution in [0.25, 0.3) is 43.6 Å². The Labute approximate surface area is 618 Å². The lowest BCUT2D eigenvalue weighted by Gasteiger charge is -2.49. The van der Waals surface area contributed by atoms with Crippen molar-refractivity contribution < 1.29 is 46.7 Å². The van der Waals surface area contributed by atoms with Gasteiger partial charge in [-0.3, -0.25) is 63.0 Å². The molecule has 4 aromatic carbocycles. The van der Waals surface area contributed by atoms with Crippen molar-refractivity contribution in [3.05, 3.63) is 172 Å². The molecule has 6 fully saturated rings. The number of pyridine rings is 3. The first-order chi connectivity index (χ1) is 52.2. The highest BCUT2D eigenvalue weighted by atomic mass is 19.4. The summed E-state index contributed by atoms with van der Waals surface area (Å²) in [5, 5.41) is 34.0. The molecule has 6 aliphatic rings. The number of ether oxygens (including phenoxy) is 1. The molecule has 3 unspecified atom stereocenters. The third kappa shape index (κ3) is 14.0. The number of hydrogen-bond acceptors (Lipinski definition) is 16. The van der Waals surface area contributed by atoms with E-state index in [2.05, 4.69) is 92.8 Å². The number of nitrogens with one attached hydrogen (secondary N) is 4. The molecule has 2 aliphatic carbocycles. The third-order valence-corrected chi connectivity index (χ3v) is 23.7. The van der Waals surface area contributed by atoms with E-state index in [1.54, 1.807) is 57.6 Å². The van der Waals surface area contributed by atoms with Gasteiger partial charge in [0.1, 0.15) is 40.6 Å². The molecule has 6 aromatic heterocycles. The molecular formula is C80H82F3N17O8. The smallest absolute Gasteiger partial charge is 0.433 e. The second kappa shape index (κ2) is 29.2. The Morgan fingerprint density at radius 1 is 0.667 bits per heavy atom. The van der Waals surface area contributed by atoms with Crippen molar-refractivity contribution >= 4 is 96.2 Å². The van der Waals surface area contributed by atoms with Crippen LogP contribution in [0.4, 0.5) is 35.0 Å². The van der Waals surface area contributed by atoms with Crippen molar-refractivity contribution in [3.63, 3.8) is 0 Å². The number of nitrogens with zero attached hydrogens (tertiary/aromatic N) is 13. The standard InChI is InChI=1S/C80H82F3N17O8/c1-45-10-19-66-74(94(2)79(107)100(66)67-20-21-71(101)90-77(67)105)73(45)47-24-29-96(30-25-47)42-50-11-15-56(98-43-52-33-54(14-18-61(52)92-98)87-75(103)62-7-4-6-55(38-84)86-62)35-59(50)60-36-57(99-44-53-34-65(69(108-3)37-64(53)93-99)89-76(104)63-8-5-9-70(88-63)80(81,82)83)16-12-49(60)41-95-27-22-46(23-28-95)48-13-17-58-51(32-48)39-85-40-68(58)97-31-26-72(102)91-78(97)106/h4-10,13-14,17-19,32-34,37,39-40,43-44,46-47,49-50,56-57,59-60,67H,11-12,15-16,20-31,35-36,41-42H2,1-3H3,(H,87,103)(H,89,104)(H,90,101,105)(H,91,102,106)/t49-,50-,56+,57+,59?,60?,67?/m1/s1. The van der Waals surface area contributed by atoms with Crippen LogP contribution in [-0.4, -0.2) is 142 Å². The van der Waals surface area contributed by atoms with Gasteiger partial charge in [-0.1, -0.05) is 30.3 Å². The Bertz CT molecular complexity index is 5350. The molecule has 10 aromatic rings. The highest BCUT2D eigenvalue weighted by Gasteiger charge is 2.45. The number of carbonyl (C=O) groups excluding carboxylic acids is 6. The zero-order valence-corrected chi connectivity index (χ0v) is 60.1. The number of imidazole rings is 1. The van der Waals surface area contributed by atoms with Crippen molar-refractivity contribution in [2.75, 3.05) is 68.5 Å². The third-order valence-electron chi connectivity index (χ3n) is 23.7. The number of alkyl halides is 3. The van der Waals surface area contributed by atoms with Gasteiger partial charge in [0.2, 0.25) is 17.7 Å². The number of aryl methyl sites for hydroxylation is 2. The van der Waals surface area contributed by atoms with Gasteiger partial charge < -0.3 is 25.2 Å². The molecule has 2 saturated carbocycles. The first kappa shape index (κ1) is 71.1. The molecule has 16 rings (SSSR count). The summed E-state index contributed by atoms with van der Waals surface area (Å²) in [6.07, 6.45) is 12.3. The zero-order valence-electron chi connectivity index (χ0n) is 60.1. The van der Waals surface area contributed by atoms with Gasteiger partial charge >= 0.3 is 17.9 Å². The number of benzene rings is 4. The van der Waals surface area contributed by atoms with Crippen molar-refractivity contribution in [1.29, 1.82) is 5.26 Å². The normalized spacial score (nSPS) is 22.4. The van der Waals surface area contributed by atoms with Gasteiger partial charge in [-0.05, 0) is 217 Å². The Kier molecular flexibility index (Phi) is 19.2. The number of nitriles is 1. The Balaban J connectivity index is 0.707. The number of likely N-dealkylation sites (tertiary alicyclic amines) is 2. The Morgan fingerprint density at radius 2 is 1.32 bits per heavy atom. The number of fused-ring (bicyclic) bond motifs is 4. The molecule has 4 saturated heterocycles. The van der Waals surface area contributed by atoms with Crippen LogP contribution in [0.1, 0.15) is 162 Å². The lowest BCUT2D eigenvalue weighted by Crippen LogP contribution is -2.49. The predicted molar refractivity (Wildman–Crippen MR) is 397 cm³/mol. The van der Waals surface area contributed by atoms with Crippen molar-refractivity contribution in [1.82, 2.24) is 64.1 Å². The number of urea groups is 1. The first-order valence-corrected chi connectivity index (χ1v) is 37.3. The van der Waals surface area contributed by atoms with E-state index in [0.717, 1.165) is 154 Å². The Hall–Kier alpha value is -11.2. The molecule has 7 amide bonds. The average Bonchev–Trinajstić information content (AvgIpc) is 1.54. The minimum Gasteiger partial charge on any atom is -0.494 e. The second-order valence-electron chi connectivity index (χ2n) is 30.1. The quantitative estimate of drug-likeness (QED) is 0.0654. The summed E-state index contributed by atoms with van der Waals surface area (Å²) in [4.78, 5) is 111. The highest BCUT2D eigenvalue weighted by Crippen LogP contribution is 2.51. The minimum absolute atomic E-state index is 0.0219. The van der Waals surface area contributed by atoms with Crippen molar-refractivity contribution in [2.24, 2.45) is 30.7 Å². The fourth-order valence-corrected chi connectivity index (χ4v) is 18.3. The van der Waals surface area contributed by atoms with Crippen LogP contribution < -0.4 is 36.6 Å². The molecule has 0 bridgehead atoms. The average molecular weight is 1470 g/mol. The number of amides is 7. The summed E-state index contributed by atoms with van der Waals surface area (Å²) in [5.74, 6) is -0.709. The van der Waals surface area contributed by atoms with E-state index >= 15 is 0 Å². The number of piperidine rings is 3. The van der Waals surface area contributed by atoms with Gasteiger partial charge in [0.05, 0.1) is 58.8 Å². The van der Waals surface area contributed by atoms with Crippen LogP contribution in [0.15, 0.2) is 127 Å². The summed E-state index contributed by atoms with van der Waals surface area (Å²) in [5.41, 5.74) is 6.21. The van der Waals surface area contributed by atoms with E-state index in [1.165, 1.54) is 18.7 Å². The van der Waals surface area contributed by atoms with Crippen LogP contribution in [0, 0.1) is 41.9 Å². The van der Waals surface area contributed by atoms with E-state index in [-0.39, 0.29) is 108 Å². The van der Waals surface area contributed by atoms with Crippen molar-refractivity contribution in [3.8, 4) is 11.8 Å². The minimum atomic E-state index is -4.75. The fraction of sp³-hybridized carbons (Fsp3) is 0.412. The van der Waals surface area contributed by atoms with Gasteiger partial charge in [0, 0.05) is 91.4 Å². The molecule has 10 heterocycles. The maximum Gasteiger partial charge on any atom is 0.433 e. The molecule has 7 atom stereocenters. The van der Waals surface area contributed by atoms with E-state index in [0.29, 0.717) is 33.7 Å². The summed E-state index contributed by atoms with van der Waals surface area (Å²) in [7, 11) is 3.24. The van der Waals surface area contributed by atoms with Crippen molar-refractivity contribution in [2.45, 2.75) is 127 Å². The van der Waals surface area contributed by atoms with E-state index < -0.39 is 47.4 Å². The molecule has 108 heavy (non-hydrogen) atoms. The van der Waals surface area contributed by atoms with E-state index in [9.17, 15) is 52.0 Å². The lowest BCUT2D eigenvalue weighted by molar-refractivity contribution is -0.141. The number of carbonyl (C=O) groups is 6. The molecule has 4 N–H and O–H groups in total. The second-order valence-corrected chi connectivity index (χ2v) is 30.1. The SMILES string of the molecule is COc1cc2nn([C@H]3CC[C@H](CN4CCC(c5ccc6c(N7CCC(=O)NC7=O)cncc6c5)CC4)C(C4C[C@@H](n5cc6cc(NC(=O)c7cccc(C#N)n7)ccc6n5)CC[C@@H]4CN4CCC(c5c(C)ccc6c5n(C)c(=O)n6C5CCC(=O)NC5=O)CC4)C3)cc2cc1NC(=O)c1cccc(C(F)(F)F)n1. The molecule has 28 heteroatoms. The van der Waals surface area contributed by atoms with Gasteiger partial charge in [-0.25, -0.2) is 19.6 Å². The van der Waals surface area contributed by atoms with Crippen LogP contribution >= 0.6 is 0 Å². The van der Waals surface area contributed by atoms with E-state index in [4.69, 9.17) is 14.9 Å². The summed E-state index contributed by atoms with van der Waals surface area (Å²) in [6, 6.07) is 28.2. The van der Waals surface area contributed by atoms with Crippen LogP contribution in [0.3, 0.4) is 0 Å². The van der Waals surface area contributed by atoms with Crippen LogP contribution in [0.5, 0.6) is 5.75 Å². The summed E-state index contributed by atoms with van der Waals surface area (Å²) < 4.78 is 54.5. The van der Waals surface area contributed by atoms with Gasteiger partial charge in [-0.2, -0.15) is 28.6 Å². The molecule has 0 spiro atoms. The number of halogens is 3. The molecule has 556 valence electrons. The van der Waals surface area contributed by atoms with Gasteiger partial charge in [0.15, 0.2) is 0 Å². The van der Waals surface area contributed by atoms with Crippen LogP contribution in [0.2, 0.25) is 0 Å². The monoisotopic (exact) mass is 1470 g/mol. The number of rotatable bonds is 16. The molecular weight excluding hydrogens is 1380 g/mol. The van der Waals surface area contributed by atoms with Crippen LogP contribution in [-0.2, 0) is 27.6 Å². The molecule has 0 radical (unpaired) electrons. The number of imide groups is 2. The van der Waals surface area contributed by atoms with Gasteiger partial charge in [0.25, 0.3) is 11.8 Å². The summed E-state index contributed by atoms with van der Waals surface area (Å²) >= 11 is 0. The van der Waals surface area contributed by atoms with E-state index in [1.807, 2.05) is 42.7 Å². The number of methoxy groups -OCH3 is 1. The number of hydrogen-bond donors (Lipinski definition) is 4. The molecule has 4 aliphatic heterocycles. The highest BCUT2D eigenvalue weighted by molar-refractivity contribution is 6.10. The zero-order chi connectivity index (χ0) is 74.8. The maximum absolute atomic E-state index is 14.2. The van der Waals surface area contributed by atoms with Gasteiger partial charge in [-0.15, -0.1) is 0 Å². The largest absolute Gasteiger partial charge is 0.494 e. The maximum atomic E-state index is 14.2. The topological polar surface area (TPSA) is 295 Å². The molecule has 25 nitrogen and oxygen atoms in total. The Morgan fingerprint density at radius 3 is 2.00 bits per heavy atom. The first-order valence-electron chi connectivity index (χ1n) is 37.3. The fourth-order valence-electron chi connectivity index (χ4n) is 18.3.